The summed E-state index contributed by atoms with van der Waals surface area (Å²) in [7, 11) is 1.74. The van der Waals surface area contributed by atoms with Gasteiger partial charge in [0.2, 0.25) is 0 Å². The molecule has 0 aromatic heterocycles. The molecule has 0 radical (unpaired) electrons. The predicted octanol–water partition coefficient (Wildman–Crippen LogP) is 2.09. The largest absolute Gasteiger partial charge is 0.399 e. The Morgan fingerprint density at radius 1 is 1.31 bits per heavy atom. The molecule has 0 aliphatic rings. The van der Waals surface area contributed by atoms with Crippen LogP contribution in [0.5, 0.6) is 0 Å². The van der Waals surface area contributed by atoms with Crippen LogP contribution in [-0.4, -0.2) is 13.7 Å². The number of benzene rings is 1. The molecule has 2 N–H and O–H groups in total. The van der Waals surface area contributed by atoms with Crippen LogP contribution in [0.1, 0.15) is 12.5 Å². The molecule has 0 fully saturated rings. The molecule has 1 atom stereocenters. The maximum absolute atomic E-state index is 5.59. The summed E-state index contributed by atoms with van der Waals surface area (Å²) in [5.41, 5.74) is 7.73. The van der Waals surface area contributed by atoms with E-state index in [1.165, 1.54) is 5.56 Å². The van der Waals surface area contributed by atoms with Crippen LogP contribution < -0.4 is 5.73 Å². The molecule has 0 aliphatic carbocycles. The van der Waals surface area contributed by atoms with Crippen LogP contribution in [0.4, 0.5) is 5.69 Å². The molecule has 1 aromatic carbocycles. The van der Waals surface area contributed by atoms with Crippen LogP contribution >= 0.6 is 0 Å². The molecular formula is C11H17NO. The van der Waals surface area contributed by atoms with Crippen LogP contribution in [0.25, 0.3) is 0 Å². The topological polar surface area (TPSA) is 35.2 Å². The van der Waals surface area contributed by atoms with E-state index in [9.17, 15) is 0 Å². The first kappa shape index (κ1) is 10.1. The van der Waals surface area contributed by atoms with Crippen molar-refractivity contribution in [1.29, 1.82) is 0 Å². The molecule has 0 amide bonds. The fourth-order valence-electron chi connectivity index (χ4n) is 1.40. The lowest BCUT2D eigenvalue weighted by molar-refractivity contribution is 0.159. The molecule has 0 heterocycles. The minimum Gasteiger partial charge on any atom is -0.399 e. The Labute approximate surface area is 79.7 Å². The van der Waals surface area contributed by atoms with Crippen molar-refractivity contribution >= 4 is 5.69 Å². The number of methoxy groups -OCH3 is 1. The molecule has 0 spiro atoms. The van der Waals surface area contributed by atoms with Crippen LogP contribution in [0.2, 0.25) is 0 Å². The van der Waals surface area contributed by atoms with Crippen LogP contribution in [0.15, 0.2) is 24.3 Å². The number of ether oxygens (including phenoxy) is 1. The summed E-state index contributed by atoms with van der Waals surface area (Å²) in [5.74, 6) is 0.564. The second-order valence-electron chi connectivity index (χ2n) is 3.51. The lowest BCUT2D eigenvalue weighted by atomic mass is 10.0. The summed E-state index contributed by atoms with van der Waals surface area (Å²) < 4.78 is 5.07. The van der Waals surface area contributed by atoms with Gasteiger partial charge in [0.1, 0.15) is 0 Å². The van der Waals surface area contributed by atoms with Gasteiger partial charge < -0.3 is 10.5 Å². The summed E-state index contributed by atoms with van der Waals surface area (Å²) in [6.07, 6.45) is 1.05. The van der Waals surface area contributed by atoms with Crippen molar-refractivity contribution in [2.75, 3.05) is 19.5 Å². The van der Waals surface area contributed by atoms with E-state index in [4.69, 9.17) is 10.5 Å². The first-order chi connectivity index (χ1) is 6.22. The zero-order valence-corrected chi connectivity index (χ0v) is 8.29. The number of rotatable bonds is 4. The van der Waals surface area contributed by atoms with Crippen molar-refractivity contribution in [3.63, 3.8) is 0 Å². The van der Waals surface area contributed by atoms with Crippen molar-refractivity contribution in [3.05, 3.63) is 29.8 Å². The van der Waals surface area contributed by atoms with E-state index in [2.05, 4.69) is 19.1 Å². The van der Waals surface area contributed by atoms with Crippen molar-refractivity contribution in [2.24, 2.45) is 5.92 Å². The zero-order chi connectivity index (χ0) is 9.68. The Morgan fingerprint density at radius 3 is 2.46 bits per heavy atom. The standard InChI is InChI=1S/C11H17NO/c1-9(8-13-2)7-10-3-5-11(12)6-4-10/h3-6,9H,7-8,12H2,1-2H3/t9-/m0/s1. The molecule has 1 rings (SSSR count). The smallest absolute Gasteiger partial charge is 0.0491 e. The van der Waals surface area contributed by atoms with Gasteiger partial charge in [-0.2, -0.15) is 0 Å². The molecule has 13 heavy (non-hydrogen) atoms. The van der Waals surface area contributed by atoms with Gasteiger partial charge in [0.15, 0.2) is 0 Å². The molecule has 2 heteroatoms. The molecule has 1 aromatic rings. The van der Waals surface area contributed by atoms with Gasteiger partial charge in [0.05, 0.1) is 0 Å². The lowest BCUT2D eigenvalue weighted by Crippen LogP contribution is -2.06. The minimum atomic E-state index is 0.564. The molecule has 72 valence electrons. The minimum absolute atomic E-state index is 0.564. The highest BCUT2D eigenvalue weighted by Crippen LogP contribution is 2.10. The SMILES string of the molecule is COC[C@@H](C)Cc1ccc(N)cc1. The fourth-order valence-corrected chi connectivity index (χ4v) is 1.40. The quantitative estimate of drug-likeness (QED) is 0.718. The monoisotopic (exact) mass is 179 g/mol. The van der Waals surface area contributed by atoms with Gasteiger partial charge in [-0.1, -0.05) is 19.1 Å². The third kappa shape index (κ3) is 3.47. The maximum Gasteiger partial charge on any atom is 0.0491 e. The van der Waals surface area contributed by atoms with Gasteiger partial charge in [0.25, 0.3) is 0 Å². The van der Waals surface area contributed by atoms with E-state index in [0.29, 0.717) is 5.92 Å². The highest BCUT2D eigenvalue weighted by Gasteiger charge is 2.02. The normalized spacial score (nSPS) is 12.8. The molecule has 0 saturated carbocycles. The Balaban J connectivity index is 2.49. The Morgan fingerprint density at radius 2 is 1.92 bits per heavy atom. The number of nitrogens with two attached hydrogens (primary N) is 1. The van der Waals surface area contributed by atoms with E-state index in [-0.39, 0.29) is 0 Å². The van der Waals surface area contributed by atoms with Gasteiger partial charge in [-0.25, -0.2) is 0 Å². The van der Waals surface area contributed by atoms with Gasteiger partial charge >= 0.3 is 0 Å². The summed E-state index contributed by atoms with van der Waals surface area (Å²) in [5, 5.41) is 0. The van der Waals surface area contributed by atoms with Crippen molar-refractivity contribution in [1.82, 2.24) is 0 Å². The van der Waals surface area contributed by atoms with E-state index in [0.717, 1.165) is 18.7 Å². The summed E-state index contributed by atoms with van der Waals surface area (Å²) in [6.45, 7) is 2.99. The molecule has 0 aliphatic heterocycles. The van der Waals surface area contributed by atoms with Gasteiger partial charge in [0, 0.05) is 19.4 Å². The molecular weight excluding hydrogens is 162 g/mol. The molecule has 2 nitrogen and oxygen atoms in total. The molecule has 0 unspecified atom stereocenters. The number of nitrogen functional groups attached to an aromatic ring is 1. The van der Waals surface area contributed by atoms with Gasteiger partial charge in [-0.3, -0.25) is 0 Å². The number of anilines is 1. The summed E-state index contributed by atoms with van der Waals surface area (Å²) >= 11 is 0. The van der Waals surface area contributed by atoms with Crippen molar-refractivity contribution in [3.8, 4) is 0 Å². The number of hydrogen-bond acceptors (Lipinski definition) is 2. The van der Waals surface area contributed by atoms with Crippen molar-refractivity contribution in [2.45, 2.75) is 13.3 Å². The third-order valence-corrected chi connectivity index (χ3v) is 2.02. The van der Waals surface area contributed by atoms with E-state index >= 15 is 0 Å². The Hall–Kier alpha value is -1.02. The highest BCUT2D eigenvalue weighted by atomic mass is 16.5. The van der Waals surface area contributed by atoms with Crippen LogP contribution in [-0.2, 0) is 11.2 Å². The lowest BCUT2D eigenvalue weighted by Gasteiger charge is -2.09. The average molecular weight is 179 g/mol. The van der Waals surface area contributed by atoms with E-state index in [1.807, 2.05) is 12.1 Å². The molecule has 0 saturated heterocycles. The summed E-state index contributed by atoms with van der Waals surface area (Å²) in [6, 6.07) is 8.02. The fraction of sp³-hybridized carbons (Fsp3) is 0.455. The van der Waals surface area contributed by atoms with E-state index < -0.39 is 0 Å². The first-order valence-electron chi connectivity index (χ1n) is 4.55. The van der Waals surface area contributed by atoms with Crippen molar-refractivity contribution < 1.29 is 4.74 Å². The number of hydrogen-bond donors (Lipinski definition) is 1. The third-order valence-electron chi connectivity index (χ3n) is 2.02. The zero-order valence-electron chi connectivity index (χ0n) is 8.29. The second-order valence-corrected chi connectivity index (χ2v) is 3.51. The Bertz CT molecular complexity index is 243. The highest BCUT2D eigenvalue weighted by molar-refractivity contribution is 5.39. The second kappa shape index (κ2) is 4.87. The average Bonchev–Trinajstić information content (AvgIpc) is 2.09. The van der Waals surface area contributed by atoms with Gasteiger partial charge in [-0.05, 0) is 30.0 Å². The molecule has 0 bridgehead atoms. The van der Waals surface area contributed by atoms with E-state index in [1.54, 1.807) is 7.11 Å². The Kier molecular flexibility index (Phi) is 3.77. The van der Waals surface area contributed by atoms with Crippen LogP contribution in [0, 0.1) is 5.92 Å². The summed E-state index contributed by atoms with van der Waals surface area (Å²) in [4.78, 5) is 0. The van der Waals surface area contributed by atoms with Crippen LogP contribution in [0.3, 0.4) is 0 Å². The maximum atomic E-state index is 5.59. The predicted molar refractivity (Wildman–Crippen MR) is 55.6 cm³/mol. The van der Waals surface area contributed by atoms with Gasteiger partial charge in [-0.15, -0.1) is 0 Å². The first-order valence-corrected chi connectivity index (χ1v) is 4.55.